The number of hydrogen-bond donors (Lipinski definition) is 1. The molecule has 0 aromatic carbocycles. The van der Waals surface area contributed by atoms with Crippen molar-refractivity contribution >= 4 is 29.5 Å². The summed E-state index contributed by atoms with van der Waals surface area (Å²) in [6.45, 7) is 16.7. The number of rotatable bonds is 12. The number of fused-ring (bicyclic) bond motifs is 1. The topological polar surface area (TPSA) is 87.1 Å². The average molecular weight is 507 g/mol. The van der Waals surface area contributed by atoms with E-state index in [9.17, 15) is 19.5 Å². The largest absolute Gasteiger partial charge is 0.465 e. The summed E-state index contributed by atoms with van der Waals surface area (Å²) in [5.41, 5.74) is -0.445. The van der Waals surface area contributed by atoms with Crippen LogP contribution in [0.15, 0.2) is 25.3 Å². The molecule has 1 spiro atoms. The number of carbonyl (C=O) groups excluding carboxylic acids is 3. The number of thioether (sulfide) groups is 1. The molecule has 0 aliphatic carbocycles. The van der Waals surface area contributed by atoms with Crippen molar-refractivity contribution in [2.45, 2.75) is 87.3 Å². The number of unbranched alkanes of at least 4 members (excludes halogenated alkanes) is 2. The number of hydrogen-bond acceptors (Lipinski definition) is 6. The van der Waals surface area contributed by atoms with Crippen molar-refractivity contribution in [3.05, 3.63) is 25.3 Å². The molecule has 3 heterocycles. The Morgan fingerprint density at radius 3 is 2.54 bits per heavy atom. The second kappa shape index (κ2) is 10.7. The van der Waals surface area contributed by atoms with Gasteiger partial charge in [-0.1, -0.05) is 12.2 Å². The Hall–Kier alpha value is -1.80. The van der Waals surface area contributed by atoms with Crippen molar-refractivity contribution in [1.29, 1.82) is 0 Å². The minimum Gasteiger partial charge on any atom is -0.465 e. The monoisotopic (exact) mass is 506 g/mol. The van der Waals surface area contributed by atoms with Crippen molar-refractivity contribution in [3.8, 4) is 0 Å². The fourth-order valence-electron chi connectivity index (χ4n) is 6.18. The van der Waals surface area contributed by atoms with Gasteiger partial charge >= 0.3 is 5.97 Å². The highest BCUT2D eigenvalue weighted by Gasteiger charge is 2.77. The van der Waals surface area contributed by atoms with Crippen LogP contribution in [0.3, 0.4) is 0 Å². The van der Waals surface area contributed by atoms with E-state index in [4.69, 9.17) is 4.74 Å². The molecule has 0 aromatic rings. The molecule has 1 N–H and O–H groups in total. The van der Waals surface area contributed by atoms with Crippen molar-refractivity contribution in [2.24, 2.45) is 11.8 Å². The summed E-state index contributed by atoms with van der Waals surface area (Å²) in [5.74, 6) is -1.67. The van der Waals surface area contributed by atoms with Crippen molar-refractivity contribution < 1.29 is 24.2 Å². The zero-order chi connectivity index (χ0) is 26.0. The Bertz CT molecular complexity index is 855. The average Bonchev–Trinajstić information content (AvgIpc) is 3.35. The van der Waals surface area contributed by atoms with Gasteiger partial charge in [0.1, 0.15) is 6.04 Å². The lowest BCUT2D eigenvalue weighted by atomic mass is 9.66. The Morgan fingerprint density at radius 2 is 1.94 bits per heavy atom. The van der Waals surface area contributed by atoms with Gasteiger partial charge in [0.15, 0.2) is 0 Å². The van der Waals surface area contributed by atoms with Crippen molar-refractivity contribution in [2.75, 3.05) is 26.3 Å². The molecule has 3 saturated heterocycles. The zero-order valence-electron chi connectivity index (χ0n) is 21.8. The molecule has 5 atom stereocenters. The zero-order valence-corrected chi connectivity index (χ0v) is 22.6. The summed E-state index contributed by atoms with van der Waals surface area (Å²) in [4.78, 5) is 45.1. The fraction of sp³-hybridized carbons (Fsp3) is 0.741. The Labute approximate surface area is 214 Å². The SMILES string of the molecule is C=CCCOC(=O)[C@@H]1[C@H]2C(=O)N(CCCCCO)C(C(=O)N(CC=C)C(C)(C)C)C23CC[C@@]1(C)S3. The highest BCUT2D eigenvalue weighted by Crippen LogP contribution is 2.71. The first kappa shape index (κ1) is 27.8. The van der Waals surface area contributed by atoms with Gasteiger partial charge in [-0.15, -0.1) is 24.9 Å². The maximum absolute atomic E-state index is 14.2. The number of nitrogens with zero attached hydrogens (tertiary/aromatic N) is 2. The number of aliphatic hydroxyl groups is 1. The third-order valence-electron chi connectivity index (χ3n) is 7.78. The number of aliphatic hydroxyl groups excluding tert-OH is 1. The van der Waals surface area contributed by atoms with Gasteiger partial charge in [-0.2, -0.15) is 0 Å². The lowest BCUT2D eigenvalue weighted by molar-refractivity contribution is -0.155. The van der Waals surface area contributed by atoms with E-state index in [1.165, 1.54) is 0 Å². The van der Waals surface area contributed by atoms with E-state index in [2.05, 4.69) is 20.1 Å². The minimum atomic E-state index is -0.646. The molecule has 35 heavy (non-hydrogen) atoms. The van der Waals surface area contributed by atoms with E-state index in [-0.39, 0.29) is 31.0 Å². The van der Waals surface area contributed by atoms with E-state index in [1.807, 2.05) is 25.7 Å². The normalized spacial score (nSPS) is 31.4. The van der Waals surface area contributed by atoms with Crippen LogP contribution in [0.1, 0.15) is 66.2 Å². The van der Waals surface area contributed by atoms with Gasteiger partial charge in [-0.3, -0.25) is 14.4 Å². The van der Waals surface area contributed by atoms with E-state index in [0.717, 1.165) is 19.3 Å². The third kappa shape index (κ3) is 4.93. The van der Waals surface area contributed by atoms with Crippen LogP contribution in [-0.2, 0) is 19.1 Å². The summed E-state index contributed by atoms with van der Waals surface area (Å²) in [7, 11) is 0. The van der Waals surface area contributed by atoms with E-state index in [0.29, 0.717) is 32.4 Å². The van der Waals surface area contributed by atoms with Crippen LogP contribution in [0.25, 0.3) is 0 Å². The summed E-state index contributed by atoms with van der Waals surface area (Å²) >= 11 is 1.66. The molecular weight excluding hydrogens is 464 g/mol. The molecule has 0 aromatic heterocycles. The van der Waals surface area contributed by atoms with Crippen LogP contribution < -0.4 is 0 Å². The maximum Gasteiger partial charge on any atom is 0.311 e. The summed E-state index contributed by atoms with van der Waals surface area (Å²) in [6.07, 6.45) is 7.60. The number of ether oxygens (including phenoxy) is 1. The Morgan fingerprint density at radius 1 is 1.23 bits per heavy atom. The summed E-state index contributed by atoms with van der Waals surface area (Å²) in [6, 6.07) is -0.633. The van der Waals surface area contributed by atoms with Crippen LogP contribution in [0.4, 0.5) is 0 Å². The molecule has 0 saturated carbocycles. The van der Waals surface area contributed by atoms with Gasteiger partial charge in [0.2, 0.25) is 11.8 Å². The third-order valence-corrected chi connectivity index (χ3v) is 9.76. The molecule has 0 radical (unpaired) electrons. The molecule has 2 unspecified atom stereocenters. The fourth-order valence-corrected chi connectivity index (χ4v) is 8.52. The van der Waals surface area contributed by atoms with Gasteiger partial charge in [0.05, 0.1) is 23.2 Å². The molecule has 3 aliphatic heterocycles. The second-order valence-corrected chi connectivity index (χ2v) is 13.1. The smallest absolute Gasteiger partial charge is 0.311 e. The molecule has 196 valence electrons. The minimum absolute atomic E-state index is 0.0761. The highest BCUT2D eigenvalue weighted by molar-refractivity contribution is 8.02. The summed E-state index contributed by atoms with van der Waals surface area (Å²) < 4.78 is 4.51. The number of likely N-dealkylation sites (tertiary alicyclic amines) is 1. The Kier molecular flexibility index (Phi) is 8.47. The first-order chi connectivity index (χ1) is 16.5. The van der Waals surface area contributed by atoms with Crippen LogP contribution in [0.5, 0.6) is 0 Å². The predicted octanol–water partition coefficient (Wildman–Crippen LogP) is 3.56. The molecule has 2 amide bonds. The Balaban J connectivity index is 2.01. The quantitative estimate of drug-likeness (QED) is 0.247. The van der Waals surface area contributed by atoms with Gasteiger partial charge < -0.3 is 19.6 Å². The molecule has 3 rings (SSSR count). The van der Waals surface area contributed by atoms with E-state index < -0.39 is 32.9 Å². The van der Waals surface area contributed by atoms with Crippen LogP contribution in [0.2, 0.25) is 0 Å². The second-order valence-electron chi connectivity index (χ2n) is 11.2. The number of carbonyl (C=O) groups is 3. The molecule has 2 bridgehead atoms. The first-order valence-corrected chi connectivity index (χ1v) is 13.6. The predicted molar refractivity (Wildman–Crippen MR) is 139 cm³/mol. The number of esters is 1. The molecular formula is C27H42N2O5S. The van der Waals surface area contributed by atoms with Crippen LogP contribution in [-0.4, -0.2) is 80.1 Å². The maximum atomic E-state index is 14.2. The highest BCUT2D eigenvalue weighted by atomic mass is 32.2. The molecule has 3 fully saturated rings. The van der Waals surface area contributed by atoms with Gasteiger partial charge in [0, 0.05) is 30.0 Å². The first-order valence-electron chi connectivity index (χ1n) is 12.8. The lowest BCUT2D eigenvalue weighted by Crippen LogP contribution is -2.58. The molecule has 8 heteroatoms. The van der Waals surface area contributed by atoms with Crippen LogP contribution in [0, 0.1) is 11.8 Å². The van der Waals surface area contributed by atoms with Gasteiger partial charge in [-0.25, -0.2) is 0 Å². The van der Waals surface area contributed by atoms with E-state index >= 15 is 0 Å². The lowest BCUT2D eigenvalue weighted by Gasteiger charge is -2.42. The van der Waals surface area contributed by atoms with Crippen LogP contribution >= 0.6 is 11.8 Å². The van der Waals surface area contributed by atoms with Crippen molar-refractivity contribution in [1.82, 2.24) is 9.80 Å². The standard InChI is InChI=1S/C27H42N2O5S/c1-7-9-18-34-24(33)20-19-22(31)28(16-11-10-12-17-30)21(27(19)14-13-26(20,6)35-27)23(32)29(15-8-2)25(3,4)5/h7-8,19-21,30H,1-2,9-18H2,3-6H3/t19-,20-,21?,26+,27?/m0/s1. The van der Waals surface area contributed by atoms with Crippen molar-refractivity contribution in [3.63, 3.8) is 0 Å². The molecule has 3 aliphatic rings. The summed E-state index contributed by atoms with van der Waals surface area (Å²) in [5, 5.41) is 9.19. The van der Waals surface area contributed by atoms with Gasteiger partial charge in [-0.05, 0) is 66.2 Å². The van der Waals surface area contributed by atoms with Gasteiger partial charge in [0.25, 0.3) is 0 Å². The van der Waals surface area contributed by atoms with E-state index in [1.54, 1.807) is 28.8 Å². The molecule has 7 nitrogen and oxygen atoms in total. The number of amides is 2.